The summed E-state index contributed by atoms with van der Waals surface area (Å²) in [5.41, 5.74) is 1.08. The molecule has 0 aromatic carbocycles. The van der Waals surface area contributed by atoms with E-state index in [1.54, 1.807) is 0 Å². The third kappa shape index (κ3) is 4.42. The molecule has 1 atom stereocenters. The molecular formula is C14H25N2OSi. The van der Waals surface area contributed by atoms with E-state index >= 15 is 0 Å². The molecule has 0 unspecified atom stereocenters. The molecule has 1 N–H and O–H groups in total. The van der Waals surface area contributed by atoms with Crippen LogP contribution < -0.4 is 5.32 Å². The molecule has 1 aromatic rings. The Bertz CT molecular complexity index is 374. The summed E-state index contributed by atoms with van der Waals surface area (Å²) in [6.07, 6.45) is 0.0556. The van der Waals surface area contributed by atoms with Gasteiger partial charge in [-0.05, 0) is 37.6 Å². The molecule has 0 fully saturated rings. The highest BCUT2D eigenvalue weighted by Crippen LogP contribution is 2.35. The molecule has 1 aromatic heterocycles. The maximum atomic E-state index is 6.15. The number of aromatic nitrogens is 1. The van der Waals surface area contributed by atoms with Crippen LogP contribution in [0.1, 0.15) is 39.5 Å². The largest absolute Gasteiger partial charge is 0.408 e. The van der Waals surface area contributed by atoms with Gasteiger partial charge in [-0.2, -0.15) is 0 Å². The Morgan fingerprint density at radius 2 is 2.00 bits per heavy atom. The van der Waals surface area contributed by atoms with Crippen LogP contribution >= 0.6 is 0 Å². The Morgan fingerprint density at radius 3 is 2.50 bits per heavy atom. The molecule has 1 rings (SSSR count). The summed E-state index contributed by atoms with van der Waals surface area (Å²) >= 11 is 0. The van der Waals surface area contributed by atoms with Gasteiger partial charge in [-0.15, -0.1) is 0 Å². The average Bonchev–Trinajstić information content (AvgIpc) is 2.25. The number of nitrogens with zero attached hydrogens (tertiary/aromatic N) is 1. The van der Waals surface area contributed by atoms with Crippen LogP contribution in [0.4, 0.5) is 5.82 Å². The van der Waals surface area contributed by atoms with Crippen molar-refractivity contribution < 1.29 is 4.43 Å². The fourth-order valence-electron chi connectivity index (χ4n) is 1.79. The minimum atomic E-state index is -0.748. The smallest absolute Gasteiger partial charge is 0.205 e. The molecule has 4 heteroatoms. The van der Waals surface area contributed by atoms with E-state index in [0.717, 1.165) is 18.1 Å². The zero-order valence-electron chi connectivity index (χ0n) is 12.4. The van der Waals surface area contributed by atoms with E-state index in [1.807, 2.05) is 12.1 Å². The first kappa shape index (κ1) is 15.2. The summed E-state index contributed by atoms with van der Waals surface area (Å²) in [6.45, 7) is 13.9. The molecule has 0 aliphatic heterocycles. The molecule has 1 radical (unpaired) electrons. The molecule has 0 aliphatic rings. The second-order valence-corrected chi connectivity index (χ2v) is 7.80. The number of hydrogen-bond donors (Lipinski definition) is 1. The van der Waals surface area contributed by atoms with Gasteiger partial charge in [-0.3, -0.25) is 0 Å². The first-order valence-electron chi connectivity index (χ1n) is 6.52. The molecular weight excluding hydrogens is 240 g/mol. The highest BCUT2D eigenvalue weighted by Gasteiger charge is 2.29. The van der Waals surface area contributed by atoms with Crippen molar-refractivity contribution in [3.8, 4) is 0 Å². The molecule has 0 saturated heterocycles. The number of hydrogen-bond acceptors (Lipinski definition) is 3. The van der Waals surface area contributed by atoms with Gasteiger partial charge in [0.25, 0.3) is 0 Å². The lowest BCUT2D eigenvalue weighted by Gasteiger charge is -2.32. The highest BCUT2D eigenvalue weighted by molar-refractivity contribution is 6.48. The van der Waals surface area contributed by atoms with E-state index in [4.69, 9.17) is 4.43 Å². The molecule has 0 amide bonds. The van der Waals surface area contributed by atoms with Crippen LogP contribution in [0.2, 0.25) is 13.1 Å². The predicted octanol–water partition coefficient (Wildman–Crippen LogP) is 3.87. The van der Waals surface area contributed by atoms with Gasteiger partial charge < -0.3 is 9.74 Å². The third-order valence-electron chi connectivity index (χ3n) is 2.54. The predicted molar refractivity (Wildman–Crippen MR) is 79.2 cm³/mol. The van der Waals surface area contributed by atoms with Gasteiger partial charge in [0.15, 0.2) is 0 Å². The Kier molecular flexibility index (Phi) is 5.35. The first-order valence-corrected chi connectivity index (χ1v) is 8.93. The molecule has 18 heavy (non-hydrogen) atoms. The Hall–Kier alpha value is -0.873. The molecule has 101 valence electrons. The summed E-state index contributed by atoms with van der Waals surface area (Å²) in [4.78, 5) is 4.66. The normalized spacial score (nSPS) is 13.7. The van der Waals surface area contributed by atoms with E-state index in [2.05, 4.69) is 57.2 Å². The number of nitrogens with one attached hydrogen (secondary N) is 1. The fraction of sp³-hybridized carbons (Fsp3) is 0.643. The van der Waals surface area contributed by atoms with Gasteiger partial charge in [0.05, 0.1) is 11.8 Å². The van der Waals surface area contributed by atoms with Gasteiger partial charge >= 0.3 is 0 Å². The fourth-order valence-corrected chi connectivity index (χ4v) is 2.74. The summed E-state index contributed by atoms with van der Waals surface area (Å²) in [5.74, 6) is 0.925. The average molecular weight is 265 g/mol. The Balaban J connectivity index is 3.01. The van der Waals surface area contributed by atoms with Crippen LogP contribution in [-0.4, -0.2) is 20.6 Å². The summed E-state index contributed by atoms with van der Waals surface area (Å²) in [7, 11) is -0.748. The summed E-state index contributed by atoms with van der Waals surface area (Å²) in [6, 6.07) is 6.10. The first-order chi connectivity index (χ1) is 8.34. The van der Waals surface area contributed by atoms with Crippen molar-refractivity contribution in [3.63, 3.8) is 0 Å². The molecule has 0 aliphatic carbocycles. The second kappa shape index (κ2) is 6.34. The minimum absolute atomic E-state index is 0.0553. The minimum Gasteiger partial charge on any atom is -0.408 e. The van der Waals surface area contributed by atoms with Crippen molar-refractivity contribution in [3.05, 3.63) is 23.9 Å². The second-order valence-electron chi connectivity index (χ2n) is 5.75. The lowest BCUT2D eigenvalue weighted by Crippen LogP contribution is -2.26. The van der Waals surface area contributed by atoms with Crippen molar-refractivity contribution in [1.29, 1.82) is 0 Å². The third-order valence-corrected chi connectivity index (χ3v) is 3.24. The topological polar surface area (TPSA) is 34.1 Å². The maximum absolute atomic E-state index is 6.15. The number of rotatable bonds is 5. The molecule has 1 heterocycles. The van der Waals surface area contributed by atoms with E-state index in [0.29, 0.717) is 0 Å². The lowest BCUT2D eigenvalue weighted by molar-refractivity contribution is 0.0828. The van der Waals surface area contributed by atoms with Crippen LogP contribution in [0, 0.1) is 5.41 Å². The maximum Gasteiger partial charge on any atom is 0.205 e. The van der Waals surface area contributed by atoms with Crippen molar-refractivity contribution in [1.82, 2.24) is 4.98 Å². The SMILES string of the molecule is CCNc1cccc([C@@H](O[Si](C)C)C(C)(C)C)n1. The summed E-state index contributed by atoms with van der Waals surface area (Å²) in [5, 5.41) is 3.25. The zero-order valence-corrected chi connectivity index (χ0v) is 13.4. The van der Waals surface area contributed by atoms with Gasteiger partial charge in [-0.1, -0.05) is 26.8 Å². The molecule has 0 saturated carbocycles. The lowest BCUT2D eigenvalue weighted by atomic mass is 9.87. The highest BCUT2D eigenvalue weighted by atomic mass is 28.3. The van der Waals surface area contributed by atoms with Crippen LogP contribution in [0.15, 0.2) is 18.2 Å². The Morgan fingerprint density at radius 1 is 1.33 bits per heavy atom. The van der Waals surface area contributed by atoms with Gasteiger partial charge in [0.2, 0.25) is 9.04 Å². The molecule has 0 bridgehead atoms. The molecule has 3 nitrogen and oxygen atoms in total. The van der Waals surface area contributed by atoms with Gasteiger partial charge in [0, 0.05) is 6.54 Å². The van der Waals surface area contributed by atoms with Crippen molar-refractivity contribution in [2.75, 3.05) is 11.9 Å². The van der Waals surface area contributed by atoms with Crippen molar-refractivity contribution in [2.24, 2.45) is 5.41 Å². The number of pyridine rings is 1. The van der Waals surface area contributed by atoms with Crippen LogP contribution in [0.3, 0.4) is 0 Å². The molecule has 0 spiro atoms. The van der Waals surface area contributed by atoms with E-state index in [-0.39, 0.29) is 11.5 Å². The van der Waals surface area contributed by atoms with Crippen LogP contribution in [-0.2, 0) is 4.43 Å². The Labute approximate surface area is 113 Å². The van der Waals surface area contributed by atoms with Crippen LogP contribution in [0.25, 0.3) is 0 Å². The zero-order chi connectivity index (χ0) is 13.8. The number of anilines is 1. The van der Waals surface area contributed by atoms with E-state index < -0.39 is 9.04 Å². The standard InChI is InChI=1S/C14H25N2OSi/c1-7-15-12-10-8-9-11(16-12)13(14(2,3)4)17-18(5)6/h8-10,13H,7H2,1-6H3,(H,15,16)/t13-/m1/s1. The van der Waals surface area contributed by atoms with Crippen molar-refractivity contribution >= 4 is 14.9 Å². The van der Waals surface area contributed by atoms with E-state index in [9.17, 15) is 0 Å². The van der Waals surface area contributed by atoms with Gasteiger partial charge in [0.1, 0.15) is 5.82 Å². The van der Waals surface area contributed by atoms with Crippen molar-refractivity contribution in [2.45, 2.75) is 46.9 Å². The quantitative estimate of drug-likeness (QED) is 0.821. The van der Waals surface area contributed by atoms with E-state index in [1.165, 1.54) is 0 Å². The summed E-state index contributed by atoms with van der Waals surface area (Å²) < 4.78 is 6.15. The van der Waals surface area contributed by atoms with Crippen LogP contribution in [0.5, 0.6) is 0 Å². The monoisotopic (exact) mass is 265 g/mol. The van der Waals surface area contributed by atoms with Gasteiger partial charge in [-0.25, -0.2) is 4.98 Å².